The molecular weight excluding hydrogens is 414 g/mol. The van der Waals surface area contributed by atoms with E-state index in [9.17, 15) is 14.4 Å². The van der Waals surface area contributed by atoms with E-state index in [4.69, 9.17) is 0 Å². The van der Waals surface area contributed by atoms with Crippen LogP contribution in [0.2, 0.25) is 0 Å². The summed E-state index contributed by atoms with van der Waals surface area (Å²) in [5.74, 6) is -0.994. The third kappa shape index (κ3) is 4.09. The van der Waals surface area contributed by atoms with Crippen molar-refractivity contribution in [1.29, 1.82) is 0 Å². The average molecular weight is 438 g/mol. The highest BCUT2D eigenvalue weighted by Gasteiger charge is 2.46. The summed E-state index contributed by atoms with van der Waals surface area (Å²) in [7, 11) is 1.59. The van der Waals surface area contributed by atoms with Crippen molar-refractivity contribution in [1.82, 2.24) is 25.3 Å². The zero-order valence-corrected chi connectivity index (χ0v) is 18.1. The number of nitrogens with zero attached hydrogens (tertiary/aromatic N) is 3. The third-order valence-electron chi connectivity index (χ3n) is 5.52. The zero-order valence-electron chi connectivity index (χ0n) is 17.3. The van der Waals surface area contributed by atoms with Crippen molar-refractivity contribution >= 4 is 29.1 Å². The fraction of sp³-hybridized carbons (Fsp3) is 0.273. The van der Waals surface area contributed by atoms with Gasteiger partial charge in [0.25, 0.3) is 11.8 Å². The van der Waals surface area contributed by atoms with Gasteiger partial charge < -0.3 is 15.5 Å². The third-order valence-corrected chi connectivity index (χ3v) is 6.40. The predicted molar refractivity (Wildman–Crippen MR) is 117 cm³/mol. The molecule has 0 spiro atoms. The fourth-order valence-corrected chi connectivity index (χ4v) is 4.12. The molecule has 0 saturated carbocycles. The Labute approximate surface area is 183 Å². The van der Waals surface area contributed by atoms with Gasteiger partial charge in [-0.1, -0.05) is 36.4 Å². The maximum absolute atomic E-state index is 13.0. The number of benzene rings is 1. The number of thiophene rings is 1. The van der Waals surface area contributed by atoms with Crippen molar-refractivity contribution in [2.45, 2.75) is 32.1 Å². The number of aromatic nitrogens is 2. The summed E-state index contributed by atoms with van der Waals surface area (Å²) < 4.78 is 1.45. The normalized spacial score (nSPS) is 17.9. The van der Waals surface area contributed by atoms with E-state index in [1.54, 1.807) is 25.3 Å². The number of likely N-dealkylation sites (N-methyl/N-ethyl adjacent to an activating group) is 1. The van der Waals surface area contributed by atoms with Crippen LogP contribution < -0.4 is 10.6 Å². The number of amides is 3. The molecule has 1 aliphatic rings. The topological polar surface area (TPSA) is 96.3 Å². The van der Waals surface area contributed by atoms with Crippen LogP contribution in [0.25, 0.3) is 0 Å². The quantitative estimate of drug-likeness (QED) is 0.617. The Morgan fingerprint density at radius 1 is 1.13 bits per heavy atom. The van der Waals surface area contributed by atoms with Gasteiger partial charge in [-0.3, -0.25) is 19.1 Å². The first kappa shape index (κ1) is 20.8. The molecule has 0 radical (unpaired) electrons. The van der Waals surface area contributed by atoms with Crippen LogP contribution in [0.15, 0.2) is 53.9 Å². The van der Waals surface area contributed by atoms with Gasteiger partial charge in [-0.25, -0.2) is 0 Å². The molecule has 1 atom stereocenters. The Kier molecular flexibility index (Phi) is 5.60. The molecular formula is C22H23N5O3S. The molecule has 3 aromatic rings. The highest BCUT2D eigenvalue weighted by molar-refractivity contribution is 7.09. The molecule has 1 aromatic carbocycles. The minimum absolute atomic E-state index is 0.155. The van der Waals surface area contributed by atoms with E-state index >= 15 is 0 Å². The monoisotopic (exact) mass is 437 g/mol. The Hall–Kier alpha value is -3.46. The van der Waals surface area contributed by atoms with Gasteiger partial charge in [0.15, 0.2) is 5.69 Å². The van der Waals surface area contributed by atoms with Gasteiger partial charge in [-0.05, 0) is 23.9 Å². The van der Waals surface area contributed by atoms with E-state index in [2.05, 4.69) is 15.7 Å². The number of fused-ring (bicyclic) bond motifs is 1. The standard InChI is InChI=1S/C22H23N5O3S/c1-22(21(30)24-12-15-7-4-3-5-8-15)14-27-18(20(29)26(22)2)11-17(25-27)19(28)23-13-16-9-6-10-31-16/h3-11H,12-14H2,1-2H3,(H,23,28)(H,24,30). The van der Waals surface area contributed by atoms with Crippen molar-refractivity contribution in [2.24, 2.45) is 0 Å². The predicted octanol–water partition coefficient (Wildman–Crippen LogP) is 2.04. The Morgan fingerprint density at radius 2 is 1.90 bits per heavy atom. The SMILES string of the molecule is CN1C(=O)c2cc(C(=O)NCc3cccs3)nn2CC1(C)C(=O)NCc1ccccc1. The van der Waals surface area contributed by atoms with Crippen LogP contribution in [0.1, 0.15) is 38.3 Å². The molecule has 0 aliphatic carbocycles. The minimum atomic E-state index is -1.13. The Morgan fingerprint density at radius 3 is 2.61 bits per heavy atom. The van der Waals surface area contributed by atoms with E-state index in [1.807, 2.05) is 47.8 Å². The highest BCUT2D eigenvalue weighted by Crippen LogP contribution is 2.26. The molecule has 4 rings (SSSR count). The molecule has 0 fully saturated rings. The van der Waals surface area contributed by atoms with Crippen LogP contribution in [0, 0.1) is 0 Å². The van der Waals surface area contributed by atoms with Crippen LogP contribution >= 0.6 is 11.3 Å². The molecule has 3 heterocycles. The highest BCUT2D eigenvalue weighted by atomic mass is 32.1. The van der Waals surface area contributed by atoms with Crippen molar-refractivity contribution in [3.05, 3.63) is 75.7 Å². The summed E-state index contributed by atoms with van der Waals surface area (Å²) in [5.41, 5.74) is 0.281. The molecule has 9 heteroatoms. The number of carbonyl (C=O) groups is 3. The van der Waals surface area contributed by atoms with Crippen molar-refractivity contribution < 1.29 is 14.4 Å². The second kappa shape index (κ2) is 8.35. The van der Waals surface area contributed by atoms with Gasteiger partial charge in [0.2, 0.25) is 5.91 Å². The summed E-state index contributed by atoms with van der Waals surface area (Å²) in [5, 5.41) is 12.0. The van der Waals surface area contributed by atoms with Crippen LogP contribution in [0.3, 0.4) is 0 Å². The lowest BCUT2D eigenvalue weighted by molar-refractivity contribution is -0.132. The molecule has 8 nitrogen and oxygen atoms in total. The molecule has 1 unspecified atom stereocenters. The summed E-state index contributed by atoms with van der Waals surface area (Å²) in [6.45, 7) is 2.61. The molecule has 160 valence electrons. The zero-order chi connectivity index (χ0) is 22.0. The van der Waals surface area contributed by atoms with Crippen LogP contribution in [0.5, 0.6) is 0 Å². The van der Waals surface area contributed by atoms with Gasteiger partial charge in [-0.2, -0.15) is 5.10 Å². The first-order chi connectivity index (χ1) is 14.9. The van der Waals surface area contributed by atoms with E-state index in [0.717, 1.165) is 10.4 Å². The molecule has 2 aromatic heterocycles. The Bertz CT molecular complexity index is 1110. The van der Waals surface area contributed by atoms with Gasteiger partial charge in [0.1, 0.15) is 11.2 Å². The largest absolute Gasteiger partial charge is 0.350 e. The molecule has 0 bridgehead atoms. The number of nitrogens with one attached hydrogen (secondary N) is 2. The molecule has 0 saturated heterocycles. The average Bonchev–Trinajstić information content (AvgIpc) is 3.45. The summed E-state index contributed by atoms with van der Waals surface area (Å²) in [4.78, 5) is 40.9. The number of hydrogen-bond donors (Lipinski definition) is 2. The maximum atomic E-state index is 13.0. The summed E-state index contributed by atoms with van der Waals surface area (Å²) in [6, 6.07) is 14.9. The van der Waals surface area contributed by atoms with Crippen molar-refractivity contribution in [3.63, 3.8) is 0 Å². The molecule has 2 N–H and O–H groups in total. The lowest BCUT2D eigenvalue weighted by atomic mass is 9.96. The van der Waals surface area contributed by atoms with Gasteiger partial charge in [0, 0.05) is 24.5 Å². The summed E-state index contributed by atoms with van der Waals surface area (Å²) in [6.07, 6.45) is 0. The fourth-order valence-electron chi connectivity index (χ4n) is 3.48. The van der Waals surface area contributed by atoms with Crippen LogP contribution in [-0.4, -0.2) is 45.0 Å². The Balaban J connectivity index is 1.48. The van der Waals surface area contributed by atoms with E-state index in [-0.39, 0.29) is 35.7 Å². The van der Waals surface area contributed by atoms with Gasteiger partial charge >= 0.3 is 0 Å². The van der Waals surface area contributed by atoms with Crippen molar-refractivity contribution in [3.8, 4) is 0 Å². The van der Waals surface area contributed by atoms with Gasteiger partial charge in [-0.15, -0.1) is 11.3 Å². The van der Waals surface area contributed by atoms with E-state index in [1.165, 1.54) is 15.6 Å². The second-order valence-electron chi connectivity index (χ2n) is 7.64. The second-order valence-corrected chi connectivity index (χ2v) is 8.67. The van der Waals surface area contributed by atoms with E-state index in [0.29, 0.717) is 13.1 Å². The smallest absolute Gasteiger partial charge is 0.272 e. The molecule has 3 amide bonds. The van der Waals surface area contributed by atoms with E-state index < -0.39 is 5.54 Å². The van der Waals surface area contributed by atoms with Crippen LogP contribution in [-0.2, 0) is 24.4 Å². The number of rotatable bonds is 6. The maximum Gasteiger partial charge on any atom is 0.272 e. The van der Waals surface area contributed by atoms with Crippen LogP contribution in [0.4, 0.5) is 0 Å². The number of hydrogen-bond acceptors (Lipinski definition) is 5. The minimum Gasteiger partial charge on any atom is -0.350 e. The molecule has 1 aliphatic heterocycles. The lowest BCUT2D eigenvalue weighted by Crippen LogP contribution is -2.62. The molecule has 31 heavy (non-hydrogen) atoms. The number of carbonyl (C=O) groups excluding carboxylic acids is 3. The first-order valence-corrected chi connectivity index (χ1v) is 10.8. The summed E-state index contributed by atoms with van der Waals surface area (Å²) >= 11 is 1.55. The van der Waals surface area contributed by atoms with Gasteiger partial charge in [0.05, 0.1) is 13.1 Å². The lowest BCUT2D eigenvalue weighted by Gasteiger charge is -2.40. The van der Waals surface area contributed by atoms with Crippen molar-refractivity contribution in [2.75, 3.05) is 7.05 Å². The first-order valence-electron chi connectivity index (χ1n) is 9.87.